The number of likely N-dealkylation sites (N-methyl/N-ethyl adjacent to an activating group) is 1. The summed E-state index contributed by atoms with van der Waals surface area (Å²) in [4.78, 5) is 4.58. The van der Waals surface area contributed by atoms with Crippen LogP contribution >= 0.6 is 15.9 Å². The standard InChI is InChI=1S/C16H18BrFN2/c1-3-19-16(15-6-4-5-11(2)20-15)9-12-7-8-13(18)10-14(12)17/h4-8,10,16,19H,3,9H2,1-2H3. The summed E-state index contributed by atoms with van der Waals surface area (Å²) >= 11 is 3.43. The number of aromatic nitrogens is 1. The van der Waals surface area contributed by atoms with Gasteiger partial charge in [-0.2, -0.15) is 0 Å². The molecular formula is C16H18BrFN2. The number of hydrogen-bond acceptors (Lipinski definition) is 2. The van der Waals surface area contributed by atoms with Gasteiger partial charge in [-0.15, -0.1) is 0 Å². The van der Waals surface area contributed by atoms with E-state index in [0.717, 1.165) is 34.4 Å². The zero-order valence-electron chi connectivity index (χ0n) is 11.7. The Morgan fingerprint density at radius 2 is 2.10 bits per heavy atom. The molecule has 2 nitrogen and oxygen atoms in total. The van der Waals surface area contributed by atoms with E-state index in [1.54, 1.807) is 0 Å². The molecule has 1 N–H and O–H groups in total. The highest BCUT2D eigenvalue weighted by atomic mass is 79.9. The van der Waals surface area contributed by atoms with Crippen LogP contribution in [0.25, 0.3) is 0 Å². The molecule has 0 aliphatic rings. The molecule has 0 amide bonds. The van der Waals surface area contributed by atoms with Gasteiger partial charge in [0.05, 0.1) is 11.7 Å². The van der Waals surface area contributed by atoms with Crippen LogP contribution in [-0.4, -0.2) is 11.5 Å². The third kappa shape index (κ3) is 3.87. The molecule has 0 aliphatic heterocycles. The molecule has 106 valence electrons. The van der Waals surface area contributed by atoms with E-state index in [1.807, 2.05) is 31.2 Å². The quantitative estimate of drug-likeness (QED) is 0.885. The lowest BCUT2D eigenvalue weighted by atomic mass is 10.0. The van der Waals surface area contributed by atoms with Crippen molar-refractivity contribution < 1.29 is 4.39 Å². The Hall–Kier alpha value is -1.26. The highest BCUT2D eigenvalue weighted by Gasteiger charge is 2.14. The minimum Gasteiger partial charge on any atom is -0.309 e. The Bertz CT molecular complexity index is 586. The van der Waals surface area contributed by atoms with E-state index in [-0.39, 0.29) is 11.9 Å². The van der Waals surface area contributed by atoms with E-state index >= 15 is 0 Å². The Labute approximate surface area is 127 Å². The number of rotatable bonds is 5. The molecule has 0 fully saturated rings. The van der Waals surface area contributed by atoms with Crippen LogP contribution in [0.4, 0.5) is 4.39 Å². The molecule has 0 spiro atoms. The monoisotopic (exact) mass is 336 g/mol. The van der Waals surface area contributed by atoms with Gasteiger partial charge in [0.25, 0.3) is 0 Å². The van der Waals surface area contributed by atoms with Crippen LogP contribution in [0.3, 0.4) is 0 Å². The lowest BCUT2D eigenvalue weighted by molar-refractivity contribution is 0.534. The fourth-order valence-electron chi connectivity index (χ4n) is 2.19. The lowest BCUT2D eigenvalue weighted by Crippen LogP contribution is -2.24. The van der Waals surface area contributed by atoms with Gasteiger partial charge in [0.2, 0.25) is 0 Å². The smallest absolute Gasteiger partial charge is 0.124 e. The average molecular weight is 337 g/mol. The minimum absolute atomic E-state index is 0.127. The summed E-state index contributed by atoms with van der Waals surface area (Å²) in [6.45, 7) is 4.92. The fraction of sp³-hybridized carbons (Fsp3) is 0.312. The first-order valence-corrected chi connectivity index (χ1v) is 7.50. The first-order valence-electron chi connectivity index (χ1n) is 6.71. The molecular weight excluding hydrogens is 319 g/mol. The van der Waals surface area contributed by atoms with Crippen LogP contribution in [0.2, 0.25) is 0 Å². The number of nitrogens with one attached hydrogen (secondary N) is 1. The maximum Gasteiger partial charge on any atom is 0.124 e. The summed E-state index contributed by atoms with van der Waals surface area (Å²) in [7, 11) is 0. The highest BCUT2D eigenvalue weighted by Crippen LogP contribution is 2.24. The zero-order chi connectivity index (χ0) is 14.5. The lowest BCUT2D eigenvalue weighted by Gasteiger charge is -2.18. The van der Waals surface area contributed by atoms with Gasteiger partial charge >= 0.3 is 0 Å². The summed E-state index contributed by atoms with van der Waals surface area (Å²) < 4.78 is 14.0. The van der Waals surface area contributed by atoms with E-state index in [1.165, 1.54) is 12.1 Å². The number of aryl methyl sites for hydroxylation is 1. The van der Waals surface area contributed by atoms with E-state index in [9.17, 15) is 4.39 Å². The second kappa shape index (κ2) is 6.95. The molecule has 0 aliphatic carbocycles. The fourth-order valence-corrected chi connectivity index (χ4v) is 2.71. The van der Waals surface area contributed by atoms with Crippen LogP contribution in [0.15, 0.2) is 40.9 Å². The molecule has 0 saturated heterocycles. The van der Waals surface area contributed by atoms with Gasteiger partial charge in [-0.25, -0.2) is 4.39 Å². The summed E-state index contributed by atoms with van der Waals surface area (Å²) in [5.74, 6) is -0.227. The predicted molar refractivity (Wildman–Crippen MR) is 83.2 cm³/mol. The summed E-state index contributed by atoms with van der Waals surface area (Å²) in [6.07, 6.45) is 0.769. The van der Waals surface area contributed by atoms with Gasteiger partial charge < -0.3 is 5.32 Å². The van der Waals surface area contributed by atoms with Crippen molar-refractivity contribution in [2.24, 2.45) is 0 Å². The summed E-state index contributed by atoms with van der Waals surface area (Å²) in [6, 6.07) is 11.0. The van der Waals surface area contributed by atoms with Crippen LogP contribution in [-0.2, 0) is 6.42 Å². The third-order valence-corrected chi connectivity index (χ3v) is 3.89. The van der Waals surface area contributed by atoms with Crippen molar-refractivity contribution in [2.75, 3.05) is 6.54 Å². The molecule has 2 aromatic rings. The van der Waals surface area contributed by atoms with E-state index < -0.39 is 0 Å². The molecule has 4 heteroatoms. The third-order valence-electron chi connectivity index (χ3n) is 3.16. The predicted octanol–water partition coefficient (Wildman–Crippen LogP) is 4.18. The largest absolute Gasteiger partial charge is 0.309 e. The molecule has 20 heavy (non-hydrogen) atoms. The molecule has 0 saturated carbocycles. The zero-order valence-corrected chi connectivity index (χ0v) is 13.2. The summed E-state index contributed by atoms with van der Waals surface area (Å²) in [5, 5.41) is 3.44. The van der Waals surface area contributed by atoms with Gasteiger partial charge in [-0.3, -0.25) is 4.98 Å². The second-order valence-electron chi connectivity index (χ2n) is 4.75. The van der Waals surface area contributed by atoms with Crippen LogP contribution < -0.4 is 5.32 Å². The Kier molecular flexibility index (Phi) is 5.26. The first-order chi connectivity index (χ1) is 9.60. The average Bonchev–Trinajstić information content (AvgIpc) is 2.41. The number of nitrogens with zero attached hydrogens (tertiary/aromatic N) is 1. The van der Waals surface area contributed by atoms with Crippen molar-refractivity contribution in [3.8, 4) is 0 Å². The minimum atomic E-state index is -0.227. The maximum absolute atomic E-state index is 13.2. The molecule has 1 atom stereocenters. The summed E-state index contributed by atoms with van der Waals surface area (Å²) in [5.41, 5.74) is 3.09. The van der Waals surface area contributed by atoms with E-state index in [4.69, 9.17) is 0 Å². The Morgan fingerprint density at radius 3 is 2.75 bits per heavy atom. The molecule has 1 aromatic carbocycles. The molecule has 0 radical (unpaired) electrons. The molecule has 1 heterocycles. The number of pyridine rings is 1. The first kappa shape index (κ1) is 15.1. The topological polar surface area (TPSA) is 24.9 Å². The number of benzene rings is 1. The SMILES string of the molecule is CCNC(Cc1ccc(F)cc1Br)c1cccc(C)n1. The van der Waals surface area contributed by atoms with Crippen molar-refractivity contribution in [1.82, 2.24) is 10.3 Å². The molecule has 2 rings (SSSR count). The van der Waals surface area contributed by atoms with E-state index in [0.29, 0.717) is 0 Å². The van der Waals surface area contributed by atoms with Crippen molar-refractivity contribution in [3.63, 3.8) is 0 Å². The van der Waals surface area contributed by atoms with Crippen LogP contribution in [0.5, 0.6) is 0 Å². The number of hydrogen-bond donors (Lipinski definition) is 1. The van der Waals surface area contributed by atoms with Crippen molar-refractivity contribution in [1.29, 1.82) is 0 Å². The maximum atomic E-state index is 13.2. The van der Waals surface area contributed by atoms with Crippen molar-refractivity contribution in [2.45, 2.75) is 26.3 Å². The Morgan fingerprint density at radius 1 is 1.30 bits per heavy atom. The van der Waals surface area contributed by atoms with Crippen molar-refractivity contribution >= 4 is 15.9 Å². The Balaban J connectivity index is 2.25. The van der Waals surface area contributed by atoms with Crippen LogP contribution in [0, 0.1) is 12.7 Å². The molecule has 1 unspecified atom stereocenters. The molecule has 1 aromatic heterocycles. The van der Waals surface area contributed by atoms with E-state index in [2.05, 4.69) is 33.2 Å². The number of halogens is 2. The van der Waals surface area contributed by atoms with Gasteiger partial charge in [-0.05, 0) is 49.7 Å². The second-order valence-corrected chi connectivity index (χ2v) is 5.61. The highest BCUT2D eigenvalue weighted by molar-refractivity contribution is 9.10. The normalized spacial score (nSPS) is 12.4. The van der Waals surface area contributed by atoms with Gasteiger partial charge in [0.1, 0.15) is 5.82 Å². The van der Waals surface area contributed by atoms with Gasteiger partial charge in [-0.1, -0.05) is 35.0 Å². The van der Waals surface area contributed by atoms with Gasteiger partial charge in [0.15, 0.2) is 0 Å². The van der Waals surface area contributed by atoms with Crippen molar-refractivity contribution in [3.05, 3.63) is 63.6 Å². The van der Waals surface area contributed by atoms with Gasteiger partial charge in [0, 0.05) is 10.2 Å². The van der Waals surface area contributed by atoms with Crippen LogP contribution in [0.1, 0.15) is 29.9 Å². The molecule has 0 bridgehead atoms.